The van der Waals surface area contributed by atoms with Crippen molar-refractivity contribution in [1.82, 2.24) is 9.32 Å². The molecule has 98 valence electrons. The largest absolute Gasteiger partial charge is 0.437 e. The molecule has 1 aliphatic heterocycles. The summed E-state index contributed by atoms with van der Waals surface area (Å²) >= 11 is 0. The number of rotatable bonds is 4. The number of aliphatic hydroxyl groups is 1. The van der Waals surface area contributed by atoms with Crippen molar-refractivity contribution < 1.29 is 23.8 Å². The van der Waals surface area contributed by atoms with Crippen LogP contribution in [0.5, 0.6) is 0 Å². The Bertz CT molecular complexity index is 468. The molecule has 0 spiro atoms. The molecule has 0 amide bonds. The lowest BCUT2D eigenvalue weighted by atomic mass is 9.96. The van der Waals surface area contributed by atoms with E-state index in [-0.39, 0.29) is 13.0 Å². The van der Waals surface area contributed by atoms with Crippen molar-refractivity contribution in [3.63, 3.8) is 0 Å². The predicted octanol–water partition coefficient (Wildman–Crippen LogP) is -0.199. The molecular formula is C9H14BN2O5P. The lowest BCUT2D eigenvalue weighted by Gasteiger charge is -2.18. The molecule has 0 aliphatic carbocycles. The SMILES string of the molecule is [B]C1CC(O)C(COP(=O)(O)n2ccnc2C)O1. The second-order valence-corrected chi connectivity index (χ2v) is 5.79. The number of aliphatic hydroxyl groups excluding tert-OH is 1. The van der Waals surface area contributed by atoms with Gasteiger partial charge in [0, 0.05) is 18.4 Å². The molecule has 0 bridgehead atoms. The molecule has 2 radical (unpaired) electrons. The van der Waals surface area contributed by atoms with Crippen LogP contribution in [0, 0.1) is 6.92 Å². The van der Waals surface area contributed by atoms with Crippen LogP contribution in [0.15, 0.2) is 12.4 Å². The lowest BCUT2D eigenvalue weighted by Crippen LogP contribution is -2.26. The van der Waals surface area contributed by atoms with Crippen molar-refractivity contribution in [2.24, 2.45) is 0 Å². The highest BCUT2D eigenvalue weighted by Crippen LogP contribution is 2.44. The van der Waals surface area contributed by atoms with Crippen LogP contribution < -0.4 is 0 Å². The average Bonchev–Trinajstić information content (AvgIpc) is 2.82. The van der Waals surface area contributed by atoms with Crippen LogP contribution in [0.1, 0.15) is 12.2 Å². The fourth-order valence-corrected chi connectivity index (χ4v) is 2.89. The van der Waals surface area contributed by atoms with Crippen LogP contribution in [0.3, 0.4) is 0 Å². The second-order valence-electron chi connectivity index (χ2n) is 4.12. The summed E-state index contributed by atoms with van der Waals surface area (Å²) < 4.78 is 23.1. The fourth-order valence-electron chi connectivity index (χ4n) is 1.78. The van der Waals surface area contributed by atoms with Gasteiger partial charge in [0.1, 0.15) is 19.8 Å². The van der Waals surface area contributed by atoms with Crippen molar-refractivity contribution in [1.29, 1.82) is 0 Å². The van der Waals surface area contributed by atoms with E-state index >= 15 is 0 Å². The minimum absolute atomic E-state index is 0.208. The lowest BCUT2D eigenvalue weighted by molar-refractivity contribution is -0.000349. The molecular weight excluding hydrogens is 258 g/mol. The van der Waals surface area contributed by atoms with Gasteiger partial charge >= 0.3 is 7.75 Å². The summed E-state index contributed by atoms with van der Waals surface area (Å²) in [4.78, 5) is 13.6. The monoisotopic (exact) mass is 272 g/mol. The van der Waals surface area contributed by atoms with Crippen molar-refractivity contribution in [3.05, 3.63) is 18.2 Å². The minimum atomic E-state index is -4.01. The maximum Gasteiger partial charge on any atom is 0.437 e. The zero-order chi connectivity index (χ0) is 13.3. The van der Waals surface area contributed by atoms with Crippen LogP contribution in [-0.4, -0.2) is 52.0 Å². The first-order valence-corrected chi connectivity index (χ1v) is 7.00. The Balaban J connectivity index is 1.98. The summed E-state index contributed by atoms with van der Waals surface area (Å²) in [6, 6.07) is -0.568. The fraction of sp³-hybridized carbons (Fsp3) is 0.667. The molecule has 1 fully saturated rings. The smallest absolute Gasteiger partial charge is 0.390 e. The van der Waals surface area contributed by atoms with E-state index in [0.29, 0.717) is 5.82 Å². The van der Waals surface area contributed by atoms with E-state index in [1.807, 2.05) is 0 Å². The molecule has 4 atom stereocenters. The Labute approximate surface area is 106 Å². The van der Waals surface area contributed by atoms with E-state index in [0.717, 1.165) is 4.34 Å². The standard InChI is InChI=1S/C9H14BN2O5P/c1-6-11-2-3-12(6)18(14,15)16-5-8-7(13)4-9(10)17-8/h2-3,7-9,13H,4-5H2,1H3,(H,14,15). The Morgan fingerprint density at radius 3 is 3.00 bits per heavy atom. The number of ether oxygens (including phenoxy) is 1. The molecule has 4 unspecified atom stereocenters. The summed E-state index contributed by atoms with van der Waals surface area (Å²) in [6.07, 6.45) is 1.56. The van der Waals surface area contributed by atoms with E-state index in [1.165, 1.54) is 12.4 Å². The van der Waals surface area contributed by atoms with Gasteiger partial charge in [0.05, 0.1) is 12.7 Å². The molecule has 2 heterocycles. The summed E-state index contributed by atoms with van der Waals surface area (Å²) in [6.45, 7) is 1.38. The van der Waals surface area contributed by atoms with Gasteiger partial charge in [-0.3, -0.25) is 4.52 Å². The first kappa shape index (κ1) is 13.8. The van der Waals surface area contributed by atoms with E-state index in [1.54, 1.807) is 6.92 Å². The summed E-state index contributed by atoms with van der Waals surface area (Å²) in [5, 5.41) is 9.57. The number of hydrogen-bond donors (Lipinski definition) is 2. The summed E-state index contributed by atoms with van der Waals surface area (Å²) in [5.41, 5.74) is 0. The van der Waals surface area contributed by atoms with Gasteiger partial charge < -0.3 is 14.7 Å². The number of imidazole rings is 1. The Hall–Kier alpha value is -0.655. The van der Waals surface area contributed by atoms with Crippen molar-refractivity contribution in [2.45, 2.75) is 31.6 Å². The summed E-state index contributed by atoms with van der Waals surface area (Å²) in [5.74, 6) is 0.366. The van der Waals surface area contributed by atoms with Gasteiger partial charge in [0.2, 0.25) is 0 Å². The first-order valence-electron chi connectivity index (χ1n) is 5.47. The van der Waals surface area contributed by atoms with Gasteiger partial charge in [-0.2, -0.15) is 0 Å². The highest BCUT2D eigenvalue weighted by molar-refractivity contribution is 7.51. The number of hydrogen-bond acceptors (Lipinski definition) is 5. The molecule has 0 saturated carbocycles. The molecule has 7 nitrogen and oxygen atoms in total. The van der Waals surface area contributed by atoms with Gasteiger partial charge in [0.25, 0.3) is 0 Å². The van der Waals surface area contributed by atoms with Crippen LogP contribution in [0.2, 0.25) is 0 Å². The zero-order valence-electron chi connectivity index (χ0n) is 9.84. The molecule has 1 aromatic rings. The number of nitrogens with zero attached hydrogens (tertiary/aromatic N) is 2. The molecule has 1 aromatic heterocycles. The molecule has 18 heavy (non-hydrogen) atoms. The topological polar surface area (TPSA) is 93.8 Å². The van der Waals surface area contributed by atoms with E-state index in [4.69, 9.17) is 17.1 Å². The van der Waals surface area contributed by atoms with E-state index in [9.17, 15) is 14.6 Å². The Morgan fingerprint density at radius 2 is 2.50 bits per heavy atom. The number of aryl methyl sites for hydroxylation is 1. The maximum absolute atomic E-state index is 11.9. The van der Waals surface area contributed by atoms with Crippen molar-refractivity contribution >= 4 is 15.6 Å². The summed E-state index contributed by atoms with van der Waals surface area (Å²) in [7, 11) is 1.48. The highest BCUT2D eigenvalue weighted by Gasteiger charge is 2.34. The quantitative estimate of drug-likeness (QED) is 0.582. The van der Waals surface area contributed by atoms with Crippen LogP contribution in [0.25, 0.3) is 0 Å². The van der Waals surface area contributed by atoms with Crippen LogP contribution >= 0.6 is 7.75 Å². The van der Waals surface area contributed by atoms with Crippen molar-refractivity contribution in [3.8, 4) is 0 Å². The van der Waals surface area contributed by atoms with Gasteiger partial charge in [0.15, 0.2) is 0 Å². The molecule has 1 aliphatic rings. The number of aromatic nitrogens is 2. The van der Waals surface area contributed by atoms with Gasteiger partial charge in [-0.05, 0) is 13.3 Å². The normalized spacial score (nSPS) is 31.4. The Morgan fingerprint density at radius 1 is 1.78 bits per heavy atom. The van der Waals surface area contributed by atoms with E-state index in [2.05, 4.69) is 4.98 Å². The average molecular weight is 272 g/mol. The molecule has 2 N–H and O–H groups in total. The van der Waals surface area contributed by atoms with Gasteiger partial charge in [-0.15, -0.1) is 0 Å². The third-order valence-electron chi connectivity index (χ3n) is 2.73. The van der Waals surface area contributed by atoms with Crippen molar-refractivity contribution in [2.75, 3.05) is 6.61 Å². The highest BCUT2D eigenvalue weighted by atomic mass is 31.2. The molecule has 1 saturated heterocycles. The first-order chi connectivity index (χ1) is 8.40. The molecule has 9 heteroatoms. The van der Waals surface area contributed by atoms with Gasteiger partial charge in [-0.1, -0.05) is 0 Å². The zero-order valence-corrected chi connectivity index (χ0v) is 10.7. The maximum atomic E-state index is 11.9. The van der Waals surface area contributed by atoms with Crippen LogP contribution in [-0.2, 0) is 13.8 Å². The van der Waals surface area contributed by atoms with Crippen LogP contribution in [0.4, 0.5) is 0 Å². The Kier molecular flexibility index (Phi) is 3.94. The molecule has 2 rings (SSSR count). The second kappa shape index (κ2) is 5.15. The molecule has 0 aromatic carbocycles. The van der Waals surface area contributed by atoms with E-state index < -0.39 is 26.0 Å². The third-order valence-corrected chi connectivity index (χ3v) is 4.19. The predicted molar refractivity (Wildman–Crippen MR) is 63.2 cm³/mol. The van der Waals surface area contributed by atoms with Gasteiger partial charge in [-0.25, -0.2) is 13.9 Å². The minimum Gasteiger partial charge on any atom is -0.390 e. The third kappa shape index (κ3) is 2.84.